The highest BCUT2D eigenvalue weighted by Crippen LogP contribution is 1.77. The highest BCUT2D eigenvalue weighted by Gasteiger charge is 2.03. The fourth-order valence-electron chi connectivity index (χ4n) is 0.321. The molecule has 2 amide bonds. The Kier molecular flexibility index (Phi) is 2.97. The van der Waals surface area contributed by atoms with Crippen LogP contribution >= 0.6 is 0 Å². The van der Waals surface area contributed by atoms with E-state index in [1.807, 2.05) is 13.8 Å². The minimum Gasteiger partial charge on any atom is -0.334 e. The van der Waals surface area contributed by atoms with E-state index < -0.39 is 6.03 Å². The van der Waals surface area contributed by atoms with Crippen LogP contribution in [-0.2, 0) is 0 Å². The third-order valence-corrected chi connectivity index (χ3v) is 0.647. The van der Waals surface area contributed by atoms with Crippen molar-refractivity contribution in [2.75, 3.05) is 0 Å². The molecule has 0 aromatic heterocycles. The van der Waals surface area contributed by atoms with Gasteiger partial charge in [0.2, 0.25) is 0 Å². The highest BCUT2D eigenvalue weighted by atomic mass is 16.2. The summed E-state index contributed by atoms with van der Waals surface area (Å²) in [7, 11) is 0. The van der Waals surface area contributed by atoms with Gasteiger partial charge in [0.1, 0.15) is 0 Å². The van der Waals surface area contributed by atoms with Crippen LogP contribution in [0.5, 0.6) is 0 Å². The molecule has 0 spiro atoms. The Bertz CT molecular complexity index is 101. The molecule has 5 N–H and O–H groups in total. The molecule has 0 aliphatic rings. The van der Waals surface area contributed by atoms with Gasteiger partial charge >= 0.3 is 6.03 Å². The standard InChI is InChI=1S/C4H12N4O/c1-3(2)7-4(9)8(5)6/h3H,5-6H2,1-2H3,(H,7,9). The van der Waals surface area contributed by atoms with Gasteiger partial charge in [-0.05, 0) is 13.8 Å². The number of urea groups is 1. The van der Waals surface area contributed by atoms with Gasteiger partial charge in [0.25, 0.3) is 0 Å². The molecule has 0 saturated carbocycles. The van der Waals surface area contributed by atoms with Crippen molar-refractivity contribution in [2.45, 2.75) is 19.9 Å². The van der Waals surface area contributed by atoms with Crippen molar-refractivity contribution in [3.63, 3.8) is 0 Å². The predicted octanol–water partition coefficient (Wildman–Crippen LogP) is -0.846. The first-order valence-corrected chi connectivity index (χ1v) is 2.64. The quantitative estimate of drug-likeness (QED) is 0.247. The van der Waals surface area contributed by atoms with Gasteiger partial charge < -0.3 is 5.32 Å². The molecule has 0 aliphatic heterocycles. The van der Waals surface area contributed by atoms with Crippen molar-refractivity contribution in [1.29, 1.82) is 0 Å². The summed E-state index contributed by atoms with van der Waals surface area (Å²) in [6, 6.07) is -0.419. The van der Waals surface area contributed by atoms with E-state index in [4.69, 9.17) is 11.7 Å². The molecule has 0 saturated heterocycles. The monoisotopic (exact) mass is 132 g/mol. The Morgan fingerprint density at radius 2 is 2.00 bits per heavy atom. The van der Waals surface area contributed by atoms with Crippen LogP contribution in [-0.4, -0.2) is 17.2 Å². The van der Waals surface area contributed by atoms with Crippen LogP contribution in [0.25, 0.3) is 0 Å². The molecule has 0 heterocycles. The minimum absolute atomic E-state index is 0.0621. The molecule has 0 radical (unpaired) electrons. The van der Waals surface area contributed by atoms with Crippen molar-refractivity contribution in [1.82, 2.24) is 10.4 Å². The smallest absolute Gasteiger partial charge is 0.334 e. The first-order chi connectivity index (χ1) is 4.04. The lowest BCUT2D eigenvalue weighted by molar-refractivity contribution is 0.197. The molecule has 0 bridgehead atoms. The van der Waals surface area contributed by atoms with E-state index in [0.717, 1.165) is 0 Å². The lowest BCUT2D eigenvalue weighted by atomic mass is 10.4. The first-order valence-electron chi connectivity index (χ1n) is 2.64. The van der Waals surface area contributed by atoms with Crippen LogP contribution in [0.2, 0.25) is 0 Å². The Hall–Kier alpha value is -0.810. The molecular formula is C4H12N4O. The van der Waals surface area contributed by atoms with E-state index in [-0.39, 0.29) is 6.04 Å². The molecule has 5 nitrogen and oxygen atoms in total. The maximum atomic E-state index is 10.5. The molecule has 0 atom stereocenters. The molecule has 5 heteroatoms. The van der Waals surface area contributed by atoms with E-state index in [2.05, 4.69) is 5.32 Å². The van der Waals surface area contributed by atoms with Crippen LogP contribution in [0, 0.1) is 0 Å². The molecule has 0 rings (SSSR count). The van der Waals surface area contributed by atoms with Crippen LogP contribution in [0.1, 0.15) is 13.8 Å². The van der Waals surface area contributed by atoms with E-state index >= 15 is 0 Å². The van der Waals surface area contributed by atoms with Gasteiger partial charge in [-0.25, -0.2) is 16.5 Å². The summed E-state index contributed by atoms with van der Waals surface area (Å²) in [5, 5.41) is 2.99. The van der Waals surface area contributed by atoms with Gasteiger partial charge in [0, 0.05) is 6.04 Å². The van der Waals surface area contributed by atoms with Gasteiger partial charge in [-0.2, -0.15) is 5.12 Å². The number of rotatable bonds is 1. The summed E-state index contributed by atoms with van der Waals surface area (Å²) in [5.41, 5.74) is 0. The second-order valence-corrected chi connectivity index (χ2v) is 2.01. The zero-order valence-electron chi connectivity index (χ0n) is 5.59. The molecule has 54 valence electrons. The molecule has 0 aliphatic carbocycles. The summed E-state index contributed by atoms with van der Waals surface area (Å²) >= 11 is 0. The molecular weight excluding hydrogens is 120 g/mol. The van der Waals surface area contributed by atoms with Gasteiger partial charge in [-0.3, -0.25) is 0 Å². The molecule has 0 fully saturated rings. The molecule has 0 aromatic carbocycles. The number of hydrogen-bond acceptors (Lipinski definition) is 3. The molecule has 0 unspecified atom stereocenters. The Balaban J connectivity index is 3.51. The Labute approximate surface area is 53.9 Å². The second kappa shape index (κ2) is 3.26. The summed E-state index contributed by atoms with van der Waals surface area (Å²) in [4.78, 5) is 10.5. The van der Waals surface area contributed by atoms with Gasteiger partial charge in [-0.1, -0.05) is 0 Å². The lowest BCUT2D eigenvalue weighted by Crippen LogP contribution is -2.50. The van der Waals surface area contributed by atoms with Crippen molar-refractivity contribution in [3.05, 3.63) is 0 Å². The number of nitrogens with two attached hydrogens (primary N) is 2. The largest absolute Gasteiger partial charge is 0.346 e. The number of hydrazine groups is 2. The summed E-state index contributed by atoms with van der Waals surface area (Å²) < 4.78 is 0. The van der Waals surface area contributed by atoms with E-state index in [0.29, 0.717) is 5.12 Å². The number of carbonyl (C=O) groups excluding carboxylic acids is 1. The predicted molar refractivity (Wildman–Crippen MR) is 33.9 cm³/mol. The molecule has 9 heavy (non-hydrogen) atoms. The summed E-state index contributed by atoms with van der Waals surface area (Å²) in [6.45, 7) is 3.64. The number of carbonyl (C=O) groups is 1. The van der Waals surface area contributed by atoms with Crippen LogP contribution < -0.4 is 17.0 Å². The lowest BCUT2D eigenvalue weighted by Gasteiger charge is -2.12. The number of amides is 2. The van der Waals surface area contributed by atoms with E-state index in [1.54, 1.807) is 0 Å². The first kappa shape index (κ1) is 8.19. The van der Waals surface area contributed by atoms with Crippen molar-refractivity contribution in [2.24, 2.45) is 11.7 Å². The third kappa shape index (κ3) is 3.75. The van der Waals surface area contributed by atoms with Crippen LogP contribution in [0.4, 0.5) is 4.79 Å². The van der Waals surface area contributed by atoms with E-state index in [9.17, 15) is 4.79 Å². The summed E-state index contributed by atoms with van der Waals surface area (Å²) in [6.07, 6.45) is 0. The number of nitrogens with one attached hydrogen (secondary N) is 1. The van der Waals surface area contributed by atoms with Crippen LogP contribution in [0.15, 0.2) is 0 Å². The number of hydrogen-bond donors (Lipinski definition) is 3. The average molecular weight is 132 g/mol. The molecule has 0 aromatic rings. The average Bonchev–Trinajstić information content (AvgIpc) is 1.63. The van der Waals surface area contributed by atoms with Gasteiger partial charge in [0.15, 0.2) is 0 Å². The summed E-state index contributed by atoms with van der Waals surface area (Å²) in [5.74, 6) is 9.77. The van der Waals surface area contributed by atoms with Gasteiger partial charge in [-0.15, -0.1) is 0 Å². The SMILES string of the molecule is CC(C)NC(=O)N(N)N. The fraction of sp³-hybridized carbons (Fsp3) is 0.750. The minimum atomic E-state index is -0.481. The normalized spacial score (nSPS) is 9.44. The van der Waals surface area contributed by atoms with Crippen LogP contribution in [0.3, 0.4) is 0 Å². The van der Waals surface area contributed by atoms with E-state index in [1.165, 1.54) is 0 Å². The Morgan fingerprint density at radius 3 is 2.11 bits per heavy atom. The second-order valence-electron chi connectivity index (χ2n) is 2.01. The maximum absolute atomic E-state index is 10.5. The fourth-order valence-corrected chi connectivity index (χ4v) is 0.321. The van der Waals surface area contributed by atoms with Crippen molar-refractivity contribution in [3.8, 4) is 0 Å². The van der Waals surface area contributed by atoms with Gasteiger partial charge in [0.05, 0.1) is 0 Å². The maximum Gasteiger partial charge on any atom is 0.346 e. The zero-order chi connectivity index (χ0) is 7.44. The van der Waals surface area contributed by atoms with Crippen molar-refractivity contribution < 1.29 is 4.79 Å². The van der Waals surface area contributed by atoms with Crippen molar-refractivity contribution >= 4 is 6.03 Å². The zero-order valence-corrected chi connectivity index (χ0v) is 5.59. The third-order valence-electron chi connectivity index (χ3n) is 0.647. The number of nitrogens with zero attached hydrogens (tertiary/aromatic N) is 1. The Morgan fingerprint density at radius 1 is 1.56 bits per heavy atom. The topological polar surface area (TPSA) is 84.4 Å². The highest BCUT2D eigenvalue weighted by molar-refractivity contribution is 5.72.